The van der Waals surface area contributed by atoms with E-state index in [1.54, 1.807) is 37.3 Å². The van der Waals surface area contributed by atoms with E-state index >= 15 is 0 Å². The summed E-state index contributed by atoms with van der Waals surface area (Å²) in [6.07, 6.45) is 3.13. The van der Waals surface area contributed by atoms with Crippen molar-refractivity contribution in [3.8, 4) is 6.07 Å². The second kappa shape index (κ2) is 10.2. The first-order valence-electron chi connectivity index (χ1n) is 11.9. The lowest BCUT2D eigenvalue weighted by molar-refractivity contribution is -0.141. The zero-order chi connectivity index (χ0) is 26.9. The SMILES string of the molecule is CN=C(c1cnc2[nH]cc(C(=O)N[C@@H](C(=O)N3CC(C#N)C3)C(C)(C)C)c2n1)c1ccc(Cl)cc1NC. The molecular formula is C26H29ClN8O2. The number of hydrogen-bond donors (Lipinski definition) is 3. The Morgan fingerprint density at radius 2 is 2.03 bits per heavy atom. The predicted molar refractivity (Wildman–Crippen MR) is 143 cm³/mol. The fraction of sp³-hybridized carbons (Fsp3) is 0.385. The predicted octanol–water partition coefficient (Wildman–Crippen LogP) is 3.25. The van der Waals surface area contributed by atoms with E-state index in [0.717, 1.165) is 11.3 Å². The first-order valence-corrected chi connectivity index (χ1v) is 12.2. The molecule has 4 rings (SSSR count). The number of nitrogens with zero attached hydrogens (tertiary/aromatic N) is 5. The third kappa shape index (κ3) is 5.13. The van der Waals surface area contributed by atoms with Crippen LogP contribution in [0.5, 0.6) is 0 Å². The summed E-state index contributed by atoms with van der Waals surface area (Å²) in [7, 11) is 3.45. The van der Waals surface area contributed by atoms with Gasteiger partial charge in [-0.05, 0) is 23.6 Å². The van der Waals surface area contributed by atoms with Crippen molar-refractivity contribution in [2.75, 3.05) is 32.5 Å². The number of fused-ring (bicyclic) bond motifs is 1. The summed E-state index contributed by atoms with van der Waals surface area (Å²) in [5, 5.41) is 15.7. The number of carbonyl (C=O) groups is 2. The number of rotatable bonds is 6. The Bertz CT molecular complexity index is 1430. The highest BCUT2D eigenvalue weighted by atomic mass is 35.5. The molecule has 0 aliphatic carbocycles. The Labute approximate surface area is 220 Å². The van der Waals surface area contributed by atoms with E-state index in [-0.39, 0.29) is 17.4 Å². The molecule has 11 heteroatoms. The van der Waals surface area contributed by atoms with Gasteiger partial charge in [-0.15, -0.1) is 0 Å². The molecule has 2 amide bonds. The van der Waals surface area contributed by atoms with E-state index in [1.807, 2.05) is 26.8 Å². The highest BCUT2D eigenvalue weighted by Gasteiger charge is 2.40. The van der Waals surface area contributed by atoms with Crippen molar-refractivity contribution in [1.82, 2.24) is 25.2 Å². The number of likely N-dealkylation sites (tertiary alicyclic amines) is 1. The fourth-order valence-corrected chi connectivity index (χ4v) is 4.43. The minimum atomic E-state index is -0.777. The Balaban J connectivity index is 1.65. The van der Waals surface area contributed by atoms with Gasteiger partial charge < -0.3 is 20.5 Å². The van der Waals surface area contributed by atoms with Crippen molar-refractivity contribution in [3.05, 3.63) is 52.4 Å². The van der Waals surface area contributed by atoms with E-state index in [9.17, 15) is 9.59 Å². The smallest absolute Gasteiger partial charge is 0.255 e. The maximum absolute atomic E-state index is 13.4. The molecule has 37 heavy (non-hydrogen) atoms. The molecule has 1 saturated heterocycles. The number of nitriles is 1. The Morgan fingerprint density at radius 1 is 1.30 bits per heavy atom. The number of amides is 2. The number of hydrogen-bond acceptors (Lipinski definition) is 7. The Morgan fingerprint density at radius 3 is 2.65 bits per heavy atom. The molecule has 1 atom stereocenters. The lowest BCUT2D eigenvalue weighted by Gasteiger charge is -2.41. The molecule has 192 valence electrons. The van der Waals surface area contributed by atoms with Crippen molar-refractivity contribution in [2.24, 2.45) is 16.3 Å². The number of carbonyl (C=O) groups excluding carboxylic acids is 2. The lowest BCUT2D eigenvalue weighted by atomic mass is 9.84. The molecule has 1 fully saturated rings. The number of halogens is 1. The standard InChI is InChI=1S/C26H29ClN8O2/c1-26(2,3)22(25(37)35-12-14(9-28)13-35)34-24(36)17-10-31-23-21(17)33-19(11-32-23)20(30-5)16-7-6-15(27)8-18(16)29-4/h6-8,10-11,14,22,29H,12-13H2,1-5H3,(H,31,32)(H,34,36)/t22-/m0/s1. The van der Waals surface area contributed by atoms with E-state index in [4.69, 9.17) is 21.8 Å². The number of benzene rings is 1. The summed E-state index contributed by atoms with van der Waals surface area (Å²) in [5.41, 5.74) is 3.15. The van der Waals surface area contributed by atoms with Gasteiger partial charge in [-0.3, -0.25) is 14.6 Å². The average molecular weight is 521 g/mol. The van der Waals surface area contributed by atoms with Crippen molar-refractivity contribution in [2.45, 2.75) is 26.8 Å². The van der Waals surface area contributed by atoms with Crippen LogP contribution in [0.2, 0.25) is 5.02 Å². The first kappa shape index (κ1) is 26.1. The van der Waals surface area contributed by atoms with Crippen LogP contribution < -0.4 is 10.6 Å². The van der Waals surface area contributed by atoms with Crippen LogP contribution >= 0.6 is 11.6 Å². The van der Waals surface area contributed by atoms with E-state index < -0.39 is 17.4 Å². The van der Waals surface area contributed by atoms with Gasteiger partial charge in [0.25, 0.3) is 5.91 Å². The summed E-state index contributed by atoms with van der Waals surface area (Å²) in [5.74, 6) is -0.816. The van der Waals surface area contributed by atoms with E-state index in [0.29, 0.717) is 40.7 Å². The molecule has 0 radical (unpaired) electrons. The van der Waals surface area contributed by atoms with Gasteiger partial charge in [-0.1, -0.05) is 32.4 Å². The van der Waals surface area contributed by atoms with Crippen LogP contribution in [-0.4, -0.2) is 70.6 Å². The monoisotopic (exact) mass is 520 g/mol. The van der Waals surface area contributed by atoms with Gasteiger partial charge in [-0.25, -0.2) is 9.97 Å². The van der Waals surface area contributed by atoms with Gasteiger partial charge in [-0.2, -0.15) is 5.26 Å². The lowest BCUT2D eigenvalue weighted by Crippen LogP contribution is -2.60. The van der Waals surface area contributed by atoms with E-state index in [1.165, 1.54) is 6.20 Å². The van der Waals surface area contributed by atoms with Crippen molar-refractivity contribution in [1.29, 1.82) is 5.26 Å². The third-order valence-corrected chi connectivity index (χ3v) is 6.60. The molecule has 0 unspecified atom stereocenters. The van der Waals surface area contributed by atoms with Crippen LogP contribution in [0, 0.1) is 22.7 Å². The summed E-state index contributed by atoms with van der Waals surface area (Å²) in [6.45, 7) is 6.41. The molecule has 0 saturated carbocycles. The van der Waals surface area contributed by atoms with Crippen molar-refractivity contribution >= 4 is 46.0 Å². The number of H-pyrrole nitrogens is 1. The van der Waals surface area contributed by atoms with Gasteiger partial charge in [0, 0.05) is 49.7 Å². The molecule has 0 spiro atoms. The second-order valence-electron chi connectivity index (χ2n) is 10.0. The number of aromatic nitrogens is 3. The molecule has 3 N–H and O–H groups in total. The number of anilines is 1. The zero-order valence-corrected chi connectivity index (χ0v) is 22.1. The summed E-state index contributed by atoms with van der Waals surface area (Å²) in [6, 6.07) is 6.80. The third-order valence-electron chi connectivity index (χ3n) is 6.36. The van der Waals surface area contributed by atoms with Crippen LogP contribution in [0.1, 0.15) is 42.4 Å². The molecule has 10 nitrogen and oxygen atoms in total. The largest absolute Gasteiger partial charge is 0.388 e. The molecule has 3 aromatic rings. The fourth-order valence-electron chi connectivity index (χ4n) is 4.26. The number of nitrogens with one attached hydrogen (secondary N) is 3. The number of aliphatic imine (C=N–C) groups is 1. The zero-order valence-electron chi connectivity index (χ0n) is 21.4. The van der Waals surface area contributed by atoms with Gasteiger partial charge in [0.05, 0.1) is 29.5 Å². The Hall–Kier alpha value is -3.97. The average Bonchev–Trinajstić information content (AvgIpc) is 3.25. The van der Waals surface area contributed by atoms with Gasteiger partial charge in [0.1, 0.15) is 17.3 Å². The molecule has 1 aliphatic heterocycles. The maximum Gasteiger partial charge on any atom is 0.255 e. The maximum atomic E-state index is 13.4. The quantitative estimate of drug-likeness (QED) is 0.426. The molecule has 1 aliphatic rings. The molecule has 3 heterocycles. The summed E-state index contributed by atoms with van der Waals surface area (Å²) < 4.78 is 0. The van der Waals surface area contributed by atoms with Crippen LogP contribution in [0.4, 0.5) is 5.69 Å². The van der Waals surface area contributed by atoms with Gasteiger partial charge in [0.2, 0.25) is 5.91 Å². The molecule has 2 aromatic heterocycles. The van der Waals surface area contributed by atoms with Crippen LogP contribution in [0.15, 0.2) is 35.6 Å². The topological polar surface area (TPSA) is 139 Å². The highest BCUT2D eigenvalue weighted by Crippen LogP contribution is 2.27. The van der Waals surface area contributed by atoms with Crippen LogP contribution in [-0.2, 0) is 4.79 Å². The second-order valence-corrected chi connectivity index (χ2v) is 10.4. The number of aromatic amines is 1. The normalized spacial score (nSPS) is 15.2. The van der Waals surface area contributed by atoms with Gasteiger partial charge in [0.15, 0.2) is 5.65 Å². The van der Waals surface area contributed by atoms with Crippen LogP contribution in [0.3, 0.4) is 0 Å². The van der Waals surface area contributed by atoms with Gasteiger partial charge >= 0.3 is 0 Å². The minimum absolute atomic E-state index is 0.166. The van der Waals surface area contributed by atoms with Crippen LogP contribution in [0.25, 0.3) is 11.2 Å². The van der Waals surface area contributed by atoms with Crippen molar-refractivity contribution < 1.29 is 9.59 Å². The molecule has 1 aromatic carbocycles. The summed E-state index contributed by atoms with van der Waals surface area (Å²) >= 11 is 6.15. The highest BCUT2D eigenvalue weighted by molar-refractivity contribution is 6.31. The Kier molecular flexibility index (Phi) is 7.18. The minimum Gasteiger partial charge on any atom is -0.388 e. The molecule has 0 bridgehead atoms. The summed E-state index contributed by atoms with van der Waals surface area (Å²) in [4.78, 5) is 44.8. The van der Waals surface area contributed by atoms with E-state index in [2.05, 4.69) is 31.7 Å². The molecular weight excluding hydrogens is 492 g/mol. The first-order chi connectivity index (χ1) is 17.6. The van der Waals surface area contributed by atoms with Crippen molar-refractivity contribution in [3.63, 3.8) is 0 Å².